The van der Waals surface area contributed by atoms with Gasteiger partial charge in [0.2, 0.25) is 5.91 Å². The van der Waals surface area contributed by atoms with Crippen LogP contribution < -0.4 is 5.32 Å². The molecule has 118 valence electrons. The molecule has 1 heterocycles. The molecule has 2 rings (SSSR count). The first kappa shape index (κ1) is 16.6. The Bertz CT molecular complexity index is 627. The van der Waals surface area contributed by atoms with Gasteiger partial charge in [-0.2, -0.15) is 0 Å². The first-order valence-corrected chi connectivity index (χ1v) is 8.11. The summed E-state index contributed by atoms with van der Waals surface area (Å²) in [5, 5.41) is 3.70. The Morgan fingerprint density at radius 1 is 1.45 bits per heavy atom. The molecule has 0 aliphatic carbocycles. The van der Waals surface area contributed by atoms with Crippen molar-refractivity contribution >= 4 is 17.7 Å². The number of methoxy groups -OCH3 is 1. The third-order valence-corrected chi connectivity index (χ3v) is 4.11. The van der Waals surface area contributed by atoms with Crippen molar-refractivity contribution in [2.75, 3.05) is 19.5 Å². The van der Waals surface area contributed by atoms with Crippen LogP contribution in [0, 0.1) is 6.92 Å². The number of hydrogen-bond donors (Lipinski definition) is 1. The predicted octanol–water partition coefficient (Wildman–Crippen LogP) is 2.42. The number of nitrogens with zero attached hydrogens (tertiary/aromatic N) is 2. The van der Waals surface area contributed by atoms with Crippen molar-refractivity contribution in [3.63, 3.8) is 0 Å². The summed E-state index contributed by atoms with van der Waals surface area (Å²) in [7, 11) is 1.62. The lowest BCUT2D eigenvalue weighted by molar-refractivity contribution is -0.119. The fourth-order valence-corrected chi connectivity index (χ4v) is 2.93. The molecule has 0 radical (unpaired) electrons. The molecule has 0 fully saturated rings. The number of ether oxygens (including phenoxy) is 1. The highest BCUT2D eigenvalue weighted by molar-refractivity contribution is 7.99. The summed E-state index contributed by atoms with van der Waals surface area (Å²) in [4.78, 5) is 16.3. The van der Waals surface area contributed by atoms with E-state index in [-0.39, 0.29) is 11.9 Å². The van der Waals surface area contributed by atoms with Crippen LogP contribution in [0.25, 0.3) is 5.69 Å². The van der Waals surface area contributed by atoms with Gasteiger partial charge in [-0.25, -0.2) is 4.98 Å². The summed E-state index contributed by atoms with van der Waals surface area (Å²) in [5.74, 6) is 0.311. The zero-order valence-corrected chi connectivity index (χ0v) is 13.9. The van der Waals surface area contributed by atoms with Crippen molar-refractivity contribution in [3.8, 4) is 5.69 Å². The van der Waals surface area contributed by atoms with E-state index in [4.69, 9.17) is 4.74 Å². The molecular weight excluding hydrogens is 298 g/mol. The number of aryl methyl sites for hydroxylation is 1. The molecule has 0 saturated heterocycles. The second kappa shape index (κ2) is 8.00. The first-order valence-electron chi connectivity index (χ1n) is 7.12. The predicted molar refractivity (Wildman–Crippen MR) is 88.5 cm³/mol. The molecule has 0 saturated carbocycles. The van der Waals surface area contributed by atoms with Crippen molar-refractivity contribution in [1.29, 1.82) is 0 Å². The SMILES string of the molecule is COCC(C)NC(=O)CSc1nccn1-c1ccccc1C. The summed E-state index contributed by atoms with van der Waals surface area (Å²) in [5.41, 5.74) is 2.25. The van der Waals surface area contributed by atoms with E-state index in [2.05, 4.69) is 23.3 Å². The Hall–Kier alpha value is -1.79. The van der Waals surface area contributed by atoms with Gasteiger partial charge in [-0.15, -0.1) is 0 Å². The third kappa shape index (κ3) is 4.35. The molecule has 0 aliphatic heterocycles. The van der Waals surface area contributed by atoms with E-state index in [1.54, 1.807) is 13.3 Å². The second-order valence-electron chi connectivity index (χ2n) is 5.08. The lowest BCUT2D eigenvalue weighted by Crippen LogP contribution is -2.36. The maximum absolute atomic E-state index is 11.9. The van der Waals surface area contributed by atoms with E-state index in [0.29, 0.717) is 12.4 Å². The van der Waals surface area contributed by atoms with Crippen LogP contribution in [0.1, 0.15) is 12.5 Å². The summed E-state index contributed by atoms with van der Waals surface area (Å²) in [6.45, 7) is 4.48. The second-order valence-corrected chi connectivity index (χ2v) is 6.02. The van der Waals surface area contributed by atoms with Gasteiger partial charge < -0.3 is 10.1 Å². The van der Waals surface area contributed by atoms with Crippen molar-refractivity contribution in [1.82, 2.24) is 14.9 Å². The highest BCUT2D eigenvalue weighted by atomic mass is 32.2. The van der Waals surface area contributed by atoms with Gasteiger partial charge in [0, 0.05) is 25.5 Å². The maximum atomic E-state index is 11.9. The molecule has 1 atom stereocenters. The van der Waals surface area contributed by atoms with Crippen LogP contribution in [-0.2, 0) is 9.53 Å². The van der Waals surface area contributed by atoms with Gasteiger partial charge in [-0.05, 0) is 25.5 Å². The molecule has 1 aromatic carbocycles. The average molecular weight is 319 g/mol. The topological polar surface area (TPSA) is 56.1 Å². The minimum absolute atomic E-state index is 0.00853. The van der Waals surface area contributed by atoms with E-state index in [1.807, 2.05) is 35.9 Å². The van der Waals surface area contributed by atoms with Gasteiger partial charge in [0.25, 0.3) is 0 Å². The summed E-state index contributed by atoms with van der Waals surface area (Å²) in [6.07, 6.45) is 3.66. The molecule has 1 N–H and O–H groups in total. The fourth-order valence-electron chi connectivity index (χ4n) is 2.15. The smallest absolute Gasteiger partial charge is 0.230 e. The summed E-state index contributed by atoms with van der Waals surface area (Å²) in [6, 6.07) is 8.11. The number of thioether (sulfide) groups is 1. The maximum Gasteiger partial charge on any atom is 0.230 e. The lowest BCUT2D eigenvalue weighted by atomic mass is 10.2. The molecule has 2 aromatic rings. The Balaban J connectivity index is 1.99. The molecule has 0 bridgehead atoms. The fraction of sp³-hybridized carbons (Fsp3) is 0.375. The number of benzene rings is 1. The van der Waals surface area contributed by atoms with Crippen LogP contribution >= 0.6 is 11.8 Å². The number of amides is 1. The van der Waals surface area contributed by atoms with Crippen LogP contribution in [0.3, 0.4) is 0 Å². The van der Waals surface area contributed by atoms with Crippen LogP contribution in [0.15, 0.2) is 41.8 Å². The third-order valence-electron chi connectivity index (χ3n) is 3.14. The average Bonchev–Trinajstić information content (AvgIpc) is 2.94. The molecule has 6 heteroatoms. The largest absolute Gasteiger partial charge is 0.383 e. The molecule has 1 unspecified atom stereocenters. The number of rotatable bonds is 7. The summed E-state index contributed by atoms with van der Waals surface area (Å²) >= 11 is 1.42. The minimum atomic E-state index is -0.0196. The van der Waals surface area contributed by atoms with E-state index in [0.717, 1.165) is 10.8 Å². The van der Waals surface area contributed by atoms with Crippen molar-refractivity contribution in [2.45, 2.75) is 25.0 Å². The van der Waals surface area contributed by atoms with Crippen molar-refractivity contribution in [2.24, 2.45) is 0 Å². The Morgan fingerprint density at radius 2 is 2.23 bits per heavy atom. The molecular formula is C16H21N3O2S. The number of nitrogens with one attached hydrogen (secondary N) is 1. The van der Waals surface area contributed by atoms with Crippen LogP contribution in [0.2, 0.25) is 0 Å². The van der Waals surface area contributed by atoms with Crippen molar-refractivity contribution in [3.05, 3.63) is 42.2 Å². The van der Waals surface area contributed by atoms with E-state index in [9.17, 15) is 4.79 Å². The van der Waals surface area contributed by atoms with Gasteiger partial charge in [-0.3, -0.25) is 9.36 Å². The van der Waals surface area contributed by atoms with Gasteiger partial charge in [0.15, 0.2) is 5.16 Å². The number of carbonyl (C=O) groups is 1. The quantitative estimate of drug-likeness (QED) is 0.796. The molecule has 5 nitrogen and oxygen atoms in total. The van der Waals surface area contributed by atoms with Crippen LogP contribution in [-0.4, -0.2) is 41.0 Å². The van der Waals surface area contributed by atoms with Crippen LogP contribution in [0.5, 0.6) is 0 Å². The number of hydrogen-bond acceptors (Lipinski definition) is 4. The van der Waals surface area contributed by atoms with Crippen molar-refractivity contribution < 1.29 is 9.53 Å². The number of carbonyl (C=O) groups excluding carboxylic acids is 1. The Labute approximate surface area is 135 Å². The minimum Gasteiger partial charge on any atom is -0.383 e. The number of imidazole rings is 1. The zero-order chi connectivity index (χ0) is 15.9. The zero-order valence-electron chi connectivity index (χ0n) is 13.1. The lowest BCUT2D eigenvalue weighted by Gasteiger charge is -2.13. The van der Waals surface area contributed by atoms with E-state index < -0.39 is 0 Å². The Kier molecular flexibility index (Phi) is 6.03. The number of para-hydroxylation sites is 1. The van der Waals surface area contributed by atoms with Gasteiger partial charge in [0.1, 0.15) is 0 Å². The van der Waals surface area contributed by atoms with Gasteiger partial charge in [0.05, 0.1) is 18.0 Å². The monoisotopic (exact) mass is 319 g/mol. The molecule has 22 heavy (non-hydrogen) atoms. The molecule has 1 aromatic heterocycles. The van der Waals surface area contributed by atoms with E-state index in [1.165, 1.54) is 17.3 Å². The standard InChI is InChI=1S/C16H21N3O2S/c1-12-6-4-5-7-14(12)19-9-8-17-16(19)22-11-15(20)18-13(2)10-21-3/h4-9,13H,10-11H2,1-3H3,(H,18,20). The Morgan fingerprint density at radius 3 is 2.95 bits per heavy atom. The normalized spacial score (nSPS) is 12.1. The van der Waals surface area contributed by atoms with Gasteiger partial charge >= 0.3 is 0 Å². The number of aromatic nitrogens is 2. The van der Waals surface area contributed by atoms with Crippen LogP contribution in [0.4, 0.5) is 0 Å². The highest BCUT2D eigenvalue weighted by Crippen LogP contribution is 2.22. The first-order chi connectivity index (χ1) is 10.6. The molecule has 0 spiro atoms. The highest BCUT2D eigenvalue weighted by Gasteiger charge is 2.11. The van der Waals surface area contributed by atoms with Gasteiger partial charge in [-0.1, -0.05) is 30.0 Å². The molecule has 1 amide bonds. The summed E-state index contributed by atoms with van der Waals surface area (Å²) < 4.78 is 7.01. The molecule has 0 aliphatic rings. The van der Waals surface area contributed by atoms with E-state index >= 15 is 0 Å².